The van der Waals surface area contributed by atoms with Gasteiger partial charge in [-0.05, 0) is 54.9 Å². The van der Waals surface area contributed by atoms with E-state index in [1.807, 2.05) is 0 Å². The van der Waals surface area contributed by atoms with E-state index in [9.17, 15) is 9.59 Å². The largest absolute Gasteiger partial charge is 0.480 e. The van der Waals surface area contributed by atoms with Crippen LogP contribution in [-0.2, 0) is 22.4 Å². The number of aryl methyl sites for hydroxylation is 2. The number of rotatable bonds is 3. The van der Waals surface area contributed by atoms with Gasteiger partial charge in [0.1, 0.15) is 6.54 Å². The number of aliphatic carboxylic acids is 1. The Morgan fingerprint density at radius 2 is 2.00 bits per heavy atom. The van der Waals surface area contributed by atoms with Crippen molar-refractivity contribution in [2.75, 3.05) is 6.54 Å². The summed E-state index contributed by atoms with van der Waals surface area (Å²) >= 11 is 0. The van der Waals surface area contributed by atoms with Crippen LogP contribution in [0, 0.1) is 11.8 Å². The maximum Gasteiger partial charge on any atom is 0.325 e. The first-order chi connectivity index (χ1) is 10.6. The zero-order chi connectivity index (χ0) is 15.3. The molecule has 0 radical (unpaired) electrons. The smallest absolute Gasteiger partial charge is 0.325 e. The molecular weight excluding hydrogens is 280 g/mol. The lowest BCUT2D eigenvalue weighted by Gasteiger charge is -2.23. The second kappa shape index (κ2) is 4.93. The number of amides is 1. The molecule has 5 heteroatoms. The number of carbonyl (C=O) groups is 2. The Morgan fingerprint density at radius 1 is 1.23 bits per heavy atom. The molecule has 0 saturated heterocycles. The summed E-state index contributed by atoms with van der Waals surface area (Å²) in [6.07, 6.45) is 5.50. The van der Waals surface area contributed by atoms with Gasteiger partial charge in [0.05, 0.1) is 5.71 Å². The van der Waals surface area contributed by atoms with Crippen molar-refractivity contribution in [2.45, 2.75) is 32.1 Å². The number of hydrazone groups is 1. The minimum absolute atomic E-state index is 0.0668. The van der Waals surface area contributed by atoms with Crippen molar-refractivity contribution in [3.05, 3.63) is 34.9 Å². The van der Waals surface area contributed by atoms with E-state index < -0.39 is 5.97 Å². The van der Waals surface area contributed by atoms with Gasteiger partial charge in [0.25, 0.3) is 0 Å². The number of benzene rings is 1. The Morgan fingerprint density at radius 3 is 2.77 bits per heavy atom. The first kappa shape index (κ1) is 13.5. The Kier molecular flexibility index (Phi) is 3.03. The molecular formula is C17H18N2O3. The highest BCUT2D eigenvalue weighted by Crippen LogP contribution is 2.45. The summed E-state index contributed by atoms with van der Waals surface area (Å²) in [6.45, 7) is -0.351. The molecule has 4 rings (SSSR count). The molecule has 0 bridgehead atoms. The van der Waals surface area contributed by atoms with Crippen LogP contribution < -0.4 is 0 Å². The number of nitrogens with zero attached hydrogens (tertiary/aromatic N) is 2. The minimum atomic E-state index is -1.03. The van der Waals surface area contributed by atoms with Gasteiger partial charge in [0, 0.05) is 11.8 Å². The van der Waals surface area contributed by atoms with Crippen molar-refractivity contribution in [3.63, 3.8) is 0 Å². The van der Waals surface area contributed by atoms with Crippen LogP contribution in [0.4, 0.5) is 0 Å². The van der Waals surface area contributed by atoms with Crippen LogP contribution >= 0.6 is 0 Å². The van der Waals surface area contributed by atoms with Crippen molar-refractivity contribution >= 4 is 17.6 Å². The number of fused-ring (bicyclic) bond motifs is 2. The second-order valence-electron chi connectivity index (χ2n) is 6.41. The van der Waals surface area contributed by atoms with Gasteiger partial charge in [-0.1, -0.05) is 12.1 Å². The Hall–Kier alpha value is -2.17. The molecule has 1 saturated carbocycles. The number of carboxylic acids is 1. The van der Waals surface area contributed by atoms with Crippen molar-refractivity contribution in [2.24, 2.45) is 16.9 Å². The van der Waals surface area contributed by atoms with Gasteiger partial charge in [0.2, 0.25) is 5.91 Å². The van der Waals surface area contributed by atoms with Gasteiger partial charge in [-0.25, -0.2) is 5.01 Å². The van der Waals surface area contributed by atoms with E-state index in [0.29, 0.717) is 0 Å². The van der Waals surface area contributed by atoms with Crippen molar-refractivity contribution in [3.8, 4) is 0 Å². The Balaban J connectivity index is 1.69. The Bertz CT molecular complexity index is 695. The lowest BCUT2D eigenvalue weighted by Crippen LogP contribution is -2.37. The third-order valence-electron chi connectivity index (χ3n) is 4.87. The van der Waals surface area contributed by atoms with Crippen LogP contribution in [0.25, 0.3) is 0 Å². The standard InChI is InChI=1S/C17H18N2O3/c20-15(21)9-19-17(22)14-8-13(14)16(18-19)12-6-5-10-3-1-2-4-11(10)7-12/h5-7,13-14H,1-4,8-9H2,(H,20,21)/t13-,14-/m0/s1. The van der Waals surface area contributed by atoms with E-state index in [1.54, 1.807) is 0 Å². The second-order valence-corrected chi connectivity index (χ2v) is 6.41. The predicted molar refractivity (Wildman–Crippen MR) is 80.6 cm³/mol. The van der Waals surface area contributed by atoms with Crippen LogP contribution in [-0.4, -0.2) is 34.2 Å². The molecule has 0 unspecified atom stereocenters. The zero-order valence-corrected chi connectivity index (χ0v) is 12.3. The van der Waals surface area contributed by atoms with E-state index in [-0.39, 0.29) is 24.3 Å². The fraction of sp³-hybridized carbons (Fsp3) is 0.471. The molecule has 2 atom stereocenters. The molecule has 1 aliphatic heterocycles. The third-order valence-corrected chi connectivity index (χ3v) is 4.87. The summed E-state index contributed by atoms with van der Waals surface area (Å²) in [7, 11) is 0. The fourth-order valence-electron chi connectivity index (χ4n) is 3.62. The molecule has 1 heterocycles. The van der Waals surface area contributed by atoms with Crippen LogP contribution in [0.2, 0.25) is 0 Å². The highest BCUT2D eigenvalue weighted by Gasteiger charge is 2.52. The molecule has 1 amide bonds. The number of carboxylic acid groups (broad SMARTS) is 1. The highest BCUT2D eigenvalue weighted by atomic mass is 16.4. The lowest BCUT2D eigenvalue weighted by atomic mass is 9.89. The van der Waals surface area contributed by atoms with Crippen LogP contribution in [0.15, 0.2) is 23.3 Å². The maximum absolute atomic E-state index is 12.1. The summed E-state index contributed by atoms with van der Waals surface area (Å²) in [5.41, 5.74) is 4.73. The number of carbonyl (C=O) groups excluding carboxylic acids is 1. The minimum Gasteiger partial charge on any atom is -0.480 e. The van der Waals surface area contributed by atoms with Crippen LogP contribution in [0.1, 0.15) is 36.0 Å². The van der Waals surface area contributed by atoms with Crippen molar-refractivity contribution < 1.29 is 14.7 Å². The summed E-state index contributed by atoms with van der Waals surface area (Å²) in [5, 5.41) is 14.4. The van der Waals surface area contributed by atoms with Gasteiger partial charge >= 0.3 is 5.97 Å². The molecule has 1 N–H and O–H groups in total. The normalized spacial score (nSPS) is 26.1. The predicted octanol–water partition coefficient (Wildman–Crippen LogP) is 1.83. The molecule has 114 valence electrons. The van der Waals surface area contributed by atoms with E-state index in [0.717, 1.165) is 35.5 Å². The summed E-state index contributed by atoms with van der Waals surface area (Å²) in [4.78, 5) is 23.0. The number of hydrogen-bond donors (Lipinski definition) is 1. The first-order valence-electron chi connectivity index (χ1n) is 7.87. The van der Waals surface area contributed by atoms with Gasteiger partial charge in [-0.3, -0.25) is 9.59 Å². The molecule has 1 aromatic rings. The van der Waals surface area contributed by atoms with Gasteiger partial charge in [0.15, 0.2) is 0 Å². The molecule has 5 nitrogen and oxygen atoms in total. The monoisotopic (exact) mass is 298 g/mol. The molecule has 3 aliphatic rings. The topological polar surface area (TPSA) is 70.0 Å². The van der Waals surface area contributed by atoms with Crippen LogP contribution in [0.5, 0.6) is 0 Å². The number of hydrogen-bond acceptors (Lipinski definition) is 3. The quantitative estimate of drug-likeness (QED) is 0.925. The third kappa shape index (κ3) is 2.21. The molecule has 1 fully saturated rings. The fourth-order valence-corrected chi connectivity index (χ4v) is 3.62. The molecule has 1 aromatic carbocycles. The van der Waals surface area contributed by atoms with E-state index in [2.05, 4.69) is 23.3 Å². The maximum atomic E-state index is 12.1. The summed E-state index contributed by atoms with van der Waals surface area (Å²) < 4.78 is 0. The van der Waals surface area contributed by atoms with Gasteiger partial charge in [-0.15, -0.1) is 0 Å². The summed E-state index contributed by atoms with van der Waals surface area (Å²) in [5.74, 6) is -1.06. The summed E-state index contributed by atoms with van der Waals surface area (Å²) in [6, 6.07) is 6.44. The zero-order valence-electron chi connectivity index (χ0n) is 12.3. The van der Waals surface area contributed by atoms with Crippen molar-refractivity contribution in [1.29, 1.82) is 0 Å². The Labute approximate surface area is 128 Å². The molecule has 2 aliphatic carbocycles. The average molecular weight is 298 g/mol. The van der Waals surface area contributed by atoms with Crippen molar-refractivity contribution in [1.82, 2.24) is 5.01 Å². The van der Waals surface area contributed by atoms with E-state index in [4.69, 9.17) is 5.11 Å². The van der Waals surface area contributed by atoms with Gasteiger partial charge in [-0.2, -0.15) is 5.10 Å². The van der Waals surface area contributed by atoms with Crippen LogP contribution in [0.3, 0.4) is 0 Å². The average Bonchev–Trinajstić information content (AvgIpc) is 3.30. The van der Waals surface area contributed by atoms with Gasteiger partial charge < -0.3 is 5.11 Å². The first-order valence-corrected chi connectivity index (χ1v) is 7.87. The molecule has 0 aromatic heterocycles. The highest BCUT2D eigenvalue weighted by molar-refractivity contribution is 6.09. The molecule has 22 heavy (non-hydrogen) atoms. The lowest BCUT2D eigenvalue weighted by molar-refractivity contribution is -0.145. The molecule has 0 spiro atoms. The van der Waals surface area contributed by atoms with E-state index in [1.165, 1.54) is 24.0 Å². The van der Waals surface area contributed by atoms with E-state index >= 15 is 0 Å². The SMILES string of the molecule is O=C(O)CN1N=C(c2ccc3c(c2)CCCC3)[C@H]2C[C@@H]2C1=O.